The minimum atomic E-state index is 0.0389. The third-order valence-electron chi connectivity index (χ3n) is 2.11. The van der Waals surface area contributed by atoms with E-state index in [2.05, 4.69) is 24.4 Å². The van der Waals surface area contributed by atoms with Crippen LogP contribution in [0.5, 0.6) is 0 Å². The fourth-order valence-corrected chi connectivity index (χ4v) is 1.08. The van der Waals surface area contributed by atoms with Crippen molar-refractivity contribution in [2.75, 3.05) is 0 Å². The van der Waals surface area contributed by atoms with Gasteiger partial charge in [0, 0.05) is 12.1 Å². The van der Waals surface area contributed by atoms with Crippen molar-refractivity contribution in [3.05, 3.63) is 0 Å². The molecule has 0 saturated carbocycles. The van der Waals surface area contributed by atoms with Gasteiger partial charge in [-0.2, -0.15) is 5.10 Å². The molecular weight excluding hydrogens is 140 g/mol. The Morgan fingerprint density at radius 3 is 2.82 bits per heavy atom. The van der Waals surface area contributed by atoms with E-state index in [1.54, 1.807) is 0 Å². The van der Waals surface area contributed by atoms with E-state index in [-0.39, 0.29) is 5.91 Å². The van der Waals surface area contributed by atoms with Crippen molar-refractivity contribution in [3.63, 3.8) is 0 Å². The van der Waals surface area contributed by atoms with Crippen LogP contribution >= 0.6 is 0 Å². The Morgan fingerprint density at radius 1 is 1.64 bits per heavy atom. The Hall–Kier alpha value is -0.860. The summed E-state index contributed by atoms with van der Waals surface area (Å²) < 4.78 is 0. The summed E-state index contributed by atoms with van der Waals surface area (Å²) in [4.78, 5) is 10.7. The van der Waals surface area contributed by atoms with Gasteiger partial charge in [-0.05, 0) is 18.8 Å². The van der Waals surface area contributed by atoms with Crippen LogP contribution in [0.2, 0.25) is 0 Å². The number of hydrogen-bond acceptors (Lipinski definition) is 2. The van der Waals surface area contributed by atoms with Crippen LogP contribution in [0.1, 0.15) is 33.1 Å². The summed E-state index contributed by atoms with van der Waals surface area (Å²) in [7, 11) is 0. The molecule has 0 aromatic heterocycles. The quantitative estimate of drug-likeness (QED) is 0.640. The second-order valence-electron chi connectivity index (χ2n) is 2.95. The highest BCUT2D eigenvalue weighted by molar-refractivity contribution is 5.93. The second kappa shape index (κ2) is 3.51. The zero-order valence-electron chi connectivity index (χ0n) is 7.05. The fourth-order valence-electron chi connectivity index (χ4n) is 1.08. The zero-order chi connectivity index (χ0) is 8.27. The molecule has 1 N–H and O–H groups in total. The van der Waals surface area contributed by atoms with Crippen LogP contribution in [-0.4, -0.2) is 11.6 Å². The maximum absolute atomic E-state index is 10.7. The normalized spacial score (nSPS) is 20.5. The van der Waals surface area contributed by atoms with Crippen LogP contribution in [0.3, 0.4) is 0 Å². The Labute approximate surface area is 66.9 Å². The molecule has 0 aromatic carbocycles. The number of hydrogen-bond donors (Lipinski definition) is 1. The van der Waals surface area contributed by atoms with Crippen molar-refractivity contribution in [2.45, 2.75) is 33.1 Å². The van der Waals surface area contributed by atoms with Gasteiger partial charge < -0.3 is 0 Å². The van der Waals surface area contributed by atoms with E-state index < -0.39 is 0 Å². The molecule has 1 rings (SSSR count). The summed E-state index contributed by atoms with van der Waals surface area (Å²) in [5.74, 6) is 0.549. The molecule has 0 aromatic rings. The van der Waals surface area contributed by atoms with Gasteiger partial charge in [-0.1, -0.05) is 13.8 Å². The van der Waals surface area contributed by atoms with Crippen molar-refractivity contribution < 1.29 is 4.79 Å². The van der Waals surface area contributed by atoms with E-state index in [9.17, 15) is 4.79 Å². The first-order valence-corrected chi connectivity index (χ1v) is 4.09. The zero-order valence-corrected chi connectivity index (χ0v) is 7.05. The second-order valence-corrected chi connectivity index (χ2v) is 2.95. The van der Waals surface area contributed by atoms with Crippen LogP contribution in [0.4, 0.5) is 0 Å². The highest BCUT2D eigenvalue weighted by Gasteiger charge is 2.15. The van der Waals surface area contributed by atoms with E-state index in [0.29, 0.717) is 12.3 Å². The third kappa shape index (κ3) is 2.03. The highest BCUT2D eigenvalue weighted by Crippen LogP contribution is 2.11. The molecular formula is C8H14N2O. The number of amides is 1. The highest BCUT2D eigenvalue weighted by atomic mass is 16.2. The largest absolute Gasteiger partial charge is 0.273 e. The maximum atomic E-state index is 10.7. The number of hydrazone groups is 1. The lowest BCUT2D eigenvalue weighted by atomic mass is 9.98. The average Bonchev–Trinajstić information content (AvgIpc) is 2.05. The van der Waals surface area contributed by atoms with Gasteiger partial charge >= 0.3 is 0 Å². The molecule has 1 unspecified atom stereocenters. The molecule has 3 heteroatoms. The number of carbonyl (C=O) groups is 1. The molecule has 0 radical (unpaired) electrons. The predicted molar refractivity (Wildman–Crippen MR) is 44.3 cm³/mol. The van der Waals surface area contributed by atoms with Gasteiger partial charge in [-0.25, -0.2) is 5.43 Å². The minimum Gasteiger partial charge on any atom is -0.273 e. The predicted octanol–water partition coefficient (Wildman–Crippen LogP) is 1.30. The molecule has 0 spiro atoms. The molecule has 1 atom stereocenters. The summed E-state index contributed by atoms with van der Waals surface area (Å²) in [5, 5.41) is 4.00. The first kappa shape index (κ1) is 8.24. The van der Waals surface area contributed by atoms with Gasteiger partial charge in [0.05, 0.1) is 0 Å². The SMILES string of the molecule is CCC(C)C1=NNC(=O)CC1. The first-order valence-electron chi connectivity index (χ1n) is 4.09. The molecule has 0 bridgehead atoms. The Kier molecular flexibility index (Phi) is 2.63. The molecule has 1 aliphatic rings. The third-order valence-corrected chi connectivity index (χ3v) is 2.11. The van der Waals surface area contributed by atoms with E-state index >= 15 is 0 Å². The molecule has 11 heavy (non-hydrogen) atoms. The van der Waals surface area contributed by atoms with Gasteiger partial charge in [-0.3, -0.25) is 4.79 Å². The van der Waals surface area contributed by atoms with Crippen LogP contribution < -0.4 is 5.43 Å². The Bertz CT molecular complexity index is 187. The number of carbonyl (C=O) groups excluding carboxylic acids is 1. The van der Waals surface area contributed by atoms with Gasteiger partial charge in [-0.15, -0.1) is 0 Å². The van der Waals surface area contributed by atoms with Crippen LogP contribution in [0, 0.1) is 5.92 Å². The minimum absolute atomic E-state index is 0.0389. The van der Waals surface area contributed by atoms with Crippen LogP contribution in [0.15, 0.2) is 5.10 Å². The molecule has 1 heterocycles. The van der Waals surface area contributed by atoms with Crippen molar-refractivity contribution in [2.24, 2.45) is 11.0 Å². The number of nitrogens with one attached hydrogen (secondary N) is 1. The lowest BCUT2D eigenvalue weighted by Crippen LogP contribution is -2.28. The monoisotopic (exact) mass is 154 g/mol. The van der Waals surface area contributed by atoms with Gasteiger partial charge in [0.15, 0.2) is 0 Å². The summed E-state index contributed by atoms with van der Waals surface area (Å²) in [6.07, 6.45) is 2.53. The molecule has 1 aliphatic heterocycles. The van der Waals surface area contributed by atoms with Crippen LogP contribution in [-0.2, 0) is 4.79 Å². The average molecular weight is 154 g/mol. The summed E-state index contributed by atoms with van der Waals surface area (Å²) in [6, 6.07) is 0. The Balaban J connectivity index is 2.53. The molecule has 0 saturated heterocycles. The summed E-state index contributed by atoms with van der Waals surface area (Å²) in [6.45, 7) is 4.26. The van der Waals surface area contributed by atoms with Crippen molar-refractivity contribution >= 4 is 11.6 Å². The van der Waals surface area contributed by atoms with Crippen molar-refractivity contribution in [1.82, 2.24) is 5.43 Å². The topological polar surface area (TPSA) is 41.5 Å². The smallest absolute Gasteiger partial charge is 0.240 e. The standard InChI is InChI=1S/C8H14N2O/c1-3-6(2)7-4-5-8(11)10-9-7/h6H,3-5H2,1-2H3,(H,10,11). The first-order chi connectivity index (χ1) is 5.24. The number of nitrogens with zero attached hydrogens (tertiary/aromatic N) is 1. The van der Waals surface area contributed by atoms with E-state index in [1.165, 1.54) is 0 Å². The molecule has 0 fully saturated rings. The molecule has 62 valence electrons. The maximum Gasteiger partial charge on any atom is 0.240 e. The van der Waals surface area contributed by atoms with E-state index in [0.717, 1.165) is 18.6 Å². The lowest BCUT2D eigenvalue weighted by Gasteiger charge is -2.16. The summed E-state index contributed by atoms with van der Waals surface area (Å²) >= 11 is 0. The molecule has 0 aliphatic carbocycles. The van der Waals surface area contributed by atoms with Gasteiger partial charge in [0.25, 0.3) is 0 Å². The number of rotatable bonds is 2. The fraction of sp³-hybridized carbons (Fsp3) is 0.750. The molecule has 3 nitrogen and oxygen atoms in total. The lowest BCUT2D eigenvalue weighted by molar-refractivity contribution is -0.121. The van der Waals surface area contributed by atoms with Crippen molar-refractivity contribution in [3.8, 4) is 0 Å². The van der Waals surface area contributed by atoms with Gasteiger partial charge in [0.1, 0.15) is 0 Å². The van der Waals surface area contributed by atoms with Crippen LogP contribution in [0.25, 0.3) is 0 Å². The van der Waals surface area contributed by atoms with Crippen molar-refractivity contribution in [1.29, 1.82) is 0 Å². The van der Waals surface area contributed by atoms with E-state index in [4.69, 9.17) is 0 Å². The molecule has 1 amide bonds. The van der Waals surface area contributed by atoms with Gasteiger partial charge in [0.2, 0.25) is 5.91 Å². The van der Waals surface area contributed by atoms with E-state index in [1.807, 2.05) is 0 Å². The Morgan fingerprint density at radius 2 is 2.36 bits per heavy atom. The summed E-state index contributed by atoms with van der Waals surface area (Å²) in [5.41, 5.74) is 3.63.